The molecule has 8 nitrogen and oxygen atoms in total. The third kappa shape index (κ3) is 8.13. The molecule has 0 radical (unpaired) electrons. The number of ketones is 1. The Morgan fingerprint density at radius 1 is 1.11 bits per heavy atom. The van der Waals surface area contributed by atoms with Crippen LogP contribution >= 0.6 is 0 Å². The van der Waals surface area contributed by atoms with E-state index in [1.807, 2.05) is 0 Å². The average molecular weight is 486 g/mol. The van der Waals surface area contributed by atoms with Crippen molar-refractivity contribution in [3.8, 4) is 0 Å². The summed E-state index contributed by atoms with van der Waals surface area (Å²) in [5, 5.41) is 13.9. The summed E-state index contributed by atoms with van der Waals surface area (Å²) in [6, 6.07) is 11.6. The number of benzene rings is 2. The summed E-state index contributed by atoms with van der Waals surface area (Å²) in [6.45, 7) is 7.30. The summed E-state index contributed by atoms with van der Waals surface area (Å²) in [4.78, 5) is 37.9. The smallest absolute Gasteiger partial charge is 0.407 e. The molecule has 1 amide bonds. The first kappa shape index (κ1) is 26.3. The molecule has 1 aliphatic rings. The van der Waals surface area contributed by atoms with Crippen LogP contribution in [0.25, 0.3) is 0 Å². The standard InChI is InChI=1S/C26H32FN3O5/c1-26(2,3)35-25(32)28-22(16-18-4-10-23(11-5-18)30(33)34)17-29-14-12-20(13-15-29)24(31)19-6-8-21(27)9-7-19/h4-11,20,22H,12-17H2,1-3H3,(H,28,32). The van der Waals surface area contributed by atoms with Crippen molar-refractivity contribution in [1.82, 2.24) is 10.2 Å². The van der Waals surface area contributed by atoms with Crippen LogP contribution in [0.4, 0.5) is 14.9 Å². The Balaban J connectivity index is 1.62. The fourth-order valence-electron chi connectivity index (χ4n) is 4.21. The van der Waals surface area contributed by atoms with E-state index in [-0.39, 0.29) is 29.2 Å². The predicted octanol–water partition coefficient (Wildman–Crippen LogP) is 4.76. The van der Waals surface area contributed by atoms with E-state index in [1.54, 1.807) is 32.9 Å². The molecule has 1 fully saturated rings. The first-order valence-electron chi connectivity index (χ1n) is 11.7. The number of non-ortho nitro benzene ring substituents is 1. The van der Waals surface area contributed by atoms with Crippen LogP contribution < -0.4 is 5.32 Å². The van der Waals surface area contributed by atoms with E-state index in [4.69, 9.17) is 4.74 Å². The maximum Gasteiger partial charge on any atom is 0.407 e. The topological polar surface area (TPSA) is 102 Å². The Hall–Kier alpha value is -3.33. The molecule has 1 saturated heterocycles. The lowest BCUT2D eigenvalue weighted by Crippen LogP contribution is -2.48. The van der Waals surface area contributed by atoms with Gasteiger partial charge in [0.25, 0.3) is 5.69 Å². The van der Waals surface area contributed by atoms with Gasteiger partial charge in [0.2, 0.25) is 0 Å². The van der Waals surface area contributed by atoms with Crippen LogP contribution in [0, 0.1) is 21.8 Å². The van der Waals surface area contributed by atoms with Crippen LogP contribution in [-0.4, -0.2) is 53.0 Å². The zero-order valence-corrected chi connectivity index (χ0v) is 20.3. The third-order valence-corrected chi connectivity index (χ3v) is 5.92. The van der Waals surface area contributed by atoms with Crippen LogP contribution in [0.3, 0.4) is 0 Å². The fourth-order valence-corrected chi connectivity index (χ4v) is 4.21. The van der Waals surface area contributed by atoms with E-state index in [0.717, 1.165) is 5.56 Å². The fraction of sp³-hybridized carbons (Fsp3) is 0.462. The molecular formula is C26H32FN3O5. The van der Waals surface area contributed by atoms with Crippen molar-refractivity contribution in [2.75, 3.05) is 19.6 Å². The Morgan fingerprint density at radius 2 is 1.71 bits per heavy atom. The number of hydrogen-bond acceptors (Lipinski definition) is 6. The van der Waals surface area contributed by atoms with Crippen LogP contribution in [0.2, 0.25) is 0 Å². The Labute approximate surface area is 204 Å². The molecule has 1 N–H and O–H groups in total. The number of alkyl carbamates (subject to hydrolysis) is 1. The van der Waals surface area contributed by atoms with Crippen molar-refractivity contribution in [3.63, 3.8) is 0 Å². The van der Waals surface area contributed by atoms with Crippen molar-refractivity contribution in [3.05, 3.63) is 75.6 Å². The number of hydrogen-bond donors (Lipinski definition) is 1. The number of likely N-dealkylation sites (tertiary alicyclic amines) is 1. The average Bonchev–Trinajstić information content (AvgIpc) is 2.78. The van der Waals surface area contributed by atoms with Crippen molar-refractivity contribution < 1.29 is 23.6 Å². The molecule has 188 valence electrons. The van der Waals surface area contributed by atoms with Gasteiger partial charge in [0.15, 0.2) is 5.78 Å². The number of halogens is 1. The molecule has 1 atom stereocenters. The highest BCUT2D eigenvalue weighted by molar-refractivity contribution is 5.97. The zero-order valence-electron chi connectivity index (χ0n) is 20.3. The van der Waals surface area contributed by atoms with Gasteiger partial charge in [0.05, 0.1) is 4.92 Å². The number of carbonyl (C=O) groups is 2. The Morgan fingerprint density at radius 3 is 2.26 bits per heavy atom. The largest absolute Gasteiger partial charge is 0.444 e. The second-order valence-electron chi connectivity index (χ2n) is 9.92. The number of rotatable bonds is 8. The highest BCUT2D eigenvalue weighted by Gasteiger charge is 2.28. The van der Waals surface area contributed by atoms with Crippen molar-refractivity contribution >= 4 is 17.6 Å². The predicted molar refractivity (Wildman–Crippen MR) is 130 cm³/mol. The van der Waals surface area contributed by atoms with Crippen molar-refractivity contribution in [1.29, 1.82) is 0 Å². The normalized spacial score (nSPS) is 15.9. The van der Waals surface area contributed by atoms with Gasteiger partial charge in [-0.2, -0.15) is 0 Å². The van der Waals surface area contributed by atoms with Gasteiger partial charge >= 0.3 is 6.09 Å². The summed E-state index contributed by atoms with van der Waals surface area (Å²) in [6.07, 6.45) is 1.30. The first-order valence-corrected chi connectivity index (χ1v) is 11.7. The van der Waals surface area contributed by atoms with Crippen molar-refractivity contribution in [2.24, 2.45) is 5.92 Å². The molecule has 2 aromatic rings. The van der Waals surface area contributed by atoms with Gasteiger partial charge < -0.3 is 15.0 Å². The lowest BCUT2D eigenvalue weighted by atomic mass is 9.88. The summed E-state index contributed by atoms with van der Waals surface area (Å²) in [5.41, 5.74) is 0.755. The summed E-state index contributed by atoms with van der Waals surface area (Å²) >= 11 is 0. The molecule has 0 aliphatic carbocycles. The Bertz CT molecular complexity index is 1030. The van der Waals surface area contributed by atoms with E-state index in [0.29, 0.717) is 44.5 Å². The SMILES string of the molecule is CC(C)(C)OC(=O)NC(Cc1ccc([N+](=O)[O-])cc1)CN1CCC(C(=O)c2ccc(F)cc2)CC1. The minimum absolute atomic E-state index is 0.0123. The first-order chi connectivity index (χ1) is 16.5. The maximum atomic E-state index is 13.2. The maximum absolute atomic E-state index is 13.2. The molecule has 0 bridgehead atoms. The van der Waals surface area contributed by atoms with Gasteiger partial charge in [-0.05, 0) is 83.0 Å². The lowest BCUT2D eigenvalue weighted by Gasteiger charge is -2.34. The third-order valence-electron chi connectivity index (χ3n) is 5.92. The second-order valence-corrected chi connectivity index (χ2v) is 9.92. The van der Waals surface area contributed by atoms with Gasteiger partial charge in [-0.15, -0.1) is 0 Å². The number of nitro groups is 1. The minimum atomic E-state index is -0.638. The Kier molecular flexibility index (Phi) is 8.56. The van der Waals surface area contributed by atoms with E-state index >= 15 is 0 Å². The number of nitro benzene ring substituents is 1. The molecule has 0 aromatic heterocycles. The van der Waals surface area contributed by atoms with Gasteiger partial charge in [0.1, 0.15) is 11.4 Å². The molecule has 3 rings (SSSR count). The van der Waals surface area contributed by atoms with Crippen LogP contribution in [0.15, 0.2) is 48.5 Å². The van der Waals surface area contributed by atoms with Crippen LogP contribution in [0.5, 0.6) is 0 Å². The minimum Gasteiger partial charge on any atom is -0.444 e. The molecule has 35 heavy (non-hydrogen) atoms. The molecule has 1 aliphatic heterocycles. The number of piperidine rings is 1. The molecular weight excluding hydrogens is 453 g/mol. The molecule has 0 spiro atoms. The molecule has 0 saturated carbocycles. The van der Waals surface area contributed by atoms with E-state index in [9.17, 15) is 24.1 Å². The summed E-state index contributed by atoms with van der Waals surface area (Å²) < 4.78 is 18.6. The number of carbonyl (C=O) groups excluding carboxylic acids is 2. The van der Waals surface area contributed by atoms with E-state index < -0.39 is 16.6 Å². The number of amides is 1. The zero-order chi connectivity index (χ0) is 25.6. The van der Waals surface area contributed by atoms with E-state index in [1.165, 1.54) is 36.4 Å². The highest BCUT2D eigenvalue weighted by atomic mass is 19.1. The second kappa shape index (κ2) is 11.4. The van der Waals surface area contributed by atoms with Gasteiger partial charge in [-0.25, -0.2) is 9.18 Å². The molecule has 2 aromatic carbocycles. The number of nitrogens with zero attached hydrogens (tertiary/aromatic N) is 2. The number of Topliss-reactive ketones (excluding diaryl/α,β-unsaturated/α-hetero) is 1. The van der Waals surface area contributed by atoms with Gasteiger partial charge in [0, 0.05) is 36.2 Å². The van der Waals surface area contributed by atoms with Crippen molar-refractivity contribution in [2.45, 2.75) is 51.7 Å². The van der Waals surface area contributed by atoms with Crippen LogP contribution in [0.1, 0.15) is 49.5 Å². The van der Waals surface area contributed by atoms with Crippen LogP contribution in [-0.2, 0) is 11.2 Å². The lowest BCUT2D eigenvalue weighted by molar-refractivity contribution is -0.384. The highest BCUT2D eigenvalue weighted by Crippen LogP contribution is 2.23. The molecule has 9 heteroatoms. The summed E-state index contributed by atoms with van der Waals surface area (Å²) in [7, 11) is 0. The monoisotopic (exact) mass is 485 g/mol. The number of nitrogens with one attached hydrogen (secondary N) is 1. The van der Waals surface area contributed by atoms with E-state index in [2.05, 4.69) is 10.2 Å². The molecule has 1 unspecified atom stereocenters. The van der Waals surface area contributed by atoms with Gasteiger partial charge in [-0.3, -0.25) is 14.9 Å². The summed E-state index contributed by atoms with van der Waals surface area (Å²) in [5.74, 6) is -0.462. The quantitative estimate of drug-likeness (QED) is 0.328. The van der Waals surface area contributed by atoms with Gasteiger partial charge in [-0.1, -0.05) is 12.1 Å². The number of ether oxygens (including phenoxy) is 1. The molecule has 1 heterocycles.